The zero-order valence-corrected chi connectivity index (χ0v) is 18.0. The highest BCUT2D eigenvalue weighted by Gasteiger charge is 2.88. The number of carbonyl (C=O) groups excluding carboxylic acids is 2. The Morgan fingerprint density at radius 3 is 1.72 bits per heavy atom. The first kappa shape index (κ1) is 18.8. The minimum Gasteiger partial charge on any atom is -0.299 e. The Hall–Kier alpha value is -2.22. The van der Waals surface area contributed by atoms with Crippen molar-refractivity contribution < 1.29 is 9.59 Å². The molecule has 0 N–H and O–H groups in total. The van der Waals surface area contributed by atoms with Crippen LogP contribution in [-0.4, -0.2) is 11.6 Å². The van der Waals surface area contributed by atoms with Gasteiger partial charge in [-0.15, -0.1) is 0 Å². The van der Waals surface area contributed by atoms with E-state index in [-0.39, 0.29) is 23.2 Å². The standard InChI is InChI=1S/C27H30O2/c1-24(2,3)19-16-25(4)20(19)22(28)26(5)21(23(25)29)27(26,17-12-8-6-9-13-17)18-14-10-7-11-15-18/h6-15,19-21H,16H2,1-5H3/t19-,20-,21+,25-,26+/m0/s1. The molecule has 3 fully saturated rings. The van der Waals surface area contributed by atoms with Gasteiger partial charge in [0, 0.05) is 22.7 Å². The molecule has 0 heterocycles. The maximum Gasteiger partial charge on any atom is 0.145 e. The summed E-state index contributed by atoms with van der Waals surface area (Å²) in [5.41, 5.74) is 0.494. The van der Waals surface area contributed by atoms with Gasteiger partial charge in [-0.2, -0.15) is 0 Å². The fourth-order valence-electron chi connectivity index (χ4n) is 7.09. The Bertz CT molecular complexity index is 960. The fraction of sp³-hybridized carbons (Fsp3) is 0.481. The van der Waals surface area contributed by atoms with Crippen molar-refractivity contribution in [3.05, 3.63) is 71.8 Å². The van der Waals surface area contributed by atoms with Crippen LogP contribution in [0.4, 0.5) is 0 Å². The zero-order valence-electron chi connectivity index (χ0n) is 18.0. The second-order valence-electron chi connectivity index (χ2n) is 11.0. The largest absolute Gasteiger partial charge is 0.299 e. The molecule has 0 unspecified atom stereocenters. The van der Waals surface area contributed by atoms with E-state index in [1.165, 1.54) is 0 Å². The highest BCUT2D eigenvalue weighted by atomic mass is 16.2. The van der Waals surface area contributed by atoms with Crippen molar-refractivity contribution in [1.82, 2.24) is 0 Å². The van der Waals surface area contributed by atoms with Crippen molar-refractivity contribution >= 4 is 11.6 Å². The molecule has 29 heavy (non-hydrogen) atoms. The van der Waals surface area contributed by atoms with Gasteiger partial charge in [0.05, 0.1) is 5.41 Å². The van der Waals surface area contributed by atoms with Gasteiger partial charge in [-0.1, -0.05) is 95.3 Å². The maximum atomic E-state index is 14.2. The molecule has 0 radical (unpaired) electrons. The Kier molecular flexibility index (Phi) is 3.55. The quantitative estimate of drug-likeness (QED) is 0.688. The zero-order chi connectivity index (χ0) is 20.8. The highest BCUT2D eigenvalue weighted by molar-refractivity contribution is 6.13. The van der Waals surface area contributed by atoms with Crippen LogP contribution >= 0.6 is 0 Å². The number of carbonyl (C=O) groups is 2. The number of hydrogen-bond donors (Lipinski definition) is 0. The normalized spacial score (nSPS) is 37.3. The Morgan fingerprint density at radius 2 is 1.28 bits per heavy atom. The molecular weight excluding hydrogens is 356 g/mol. The number of rotatable bonds is 2. The number of Topliss-reactive ketones (excluding diaryl/α,β-unsaturated/α-hetero) is 2. The molecule has 150 valence electrons. The van der Waals surface area contributed by atoms with Crippen LogP contribution in [0.5, 0.6) is 0 Å². The summed E-state index contributed by atoms with van der Waals surface area (Å²) in [4.78, 5) is 28.2. The summed E-state index contributed by atoms with van der Waals surface area (Å²) in [6.07, 6.45) is 0.831. The summed E-state index contributed by atoms with van der Waals surface area (Å²) in [6.45, 7) is 10.7. The molecule has 0 saturated heterocycles. The van der Waals surface area contributed by atoms with Crippen molar-refractivity contribution in [2.45, 2.75) is 46.5 Å². The van der Waals surface area contributed by atoms with Crippen molar-refractivity contribution in [3.63, 3.8) is 0 Å². The highest BCUT2D eigenvalue weighted by Crippen LogP contribution is 2.81. The van der Waals surface area contributed by atoms with Crippen molar-refractivity contribution in [2.24, 2.45) is 34.0 Å². The van der Waals surface area contributed by atoms with Crippen molar-refractivity contribution in [2.75, 3.05) is 0 Å². The summed E-state index contributed by atoms with van der Waals surface area (Å²) in [5, 5.41) is 0. The molecule has 2 nitrogen and oxygen atoms in total. The molecule has 0 aliphatic heterocycles. The molecule has 0 spiro atoms. The molecule has 2 aromatic carbocycles. The van der Waals surface area contributed by atoms with Crippen molar-refractivity contribution in [1.29, 1.82) is 0 Å². The summed E-state index contributed by atoms with van der Waals surface area (Å²) >= 11 is 0. The van der Waals surface area contributed by atoms with E-state index >= 15 is 0 Å². The summed E-state index contributed by atoms with van der Waals surface area (Å²) < 4.78 is 0. The van der Waals surface area contributed by atoms with Gasteiger partial charge in [0.25, 0.3) is 0 Å². The second-order valence-corrected chi connectivity index (χ2v) is 11.0. The van der Waals surface area contributed by atoms with E-state index in [9.17, 15) is 9.59 Å². The molecular formula is C27H30O2. The van der Waals surface area contributed by atoms with E-state index in [2.05, 4.69) is 58.9 Å². The Balaban J connectivity index is 1.73. The van der Waals surface area contributed by atoms with Crippen LogP contribution in [0.3, 0.4) is 0 Å². The van der Waals surface area contributed by atoms with Crippen LogP contribution in [0.1, 0.15) is 52.2 Å². The molecule has 0 aromatic heterocycles. The first-order valence-corrected chi connectivity index (χ1v) is 10.8. The predicted octanol–water partition coefficient (Wildman–Crippen LogP) is 5.45. The molecule has 3 saturated carbocycles. The monoisotopic (exact) mass is 386 g/mol. The lowest BCUT2D eigenvalue weighted by molar-refractivity contribution is -0.174. The minimum atomic E-state index is -0.666. The van der Waals surface area contributed by atoms with Gasteiger partial charge >= 0.3 is 0 Å². The third-order valence-corrected chi connectivity index (χ3v) is 8.67. The number of hydrogen-bond acceptors (Lipinski definition) is 2. The minimum absolute atomic E-state index is 0.0281. The average molecular weight is 387 g/mol. The number of benzene rings is 2. The first-order valence-electron chi connectivity index (χ1n) is 10.8. The van der Waals surface area contributed by atoms with Crippen LogP contribution in [-0.2, 0) is 15.0 Å². The molecule has 5 atom stereocenters. The molecule has 5 rings (SSSR count). The Morgan fingerprint density at radius 1 is 0.793 bits per heavy atom. The van der Waals surface area contributed by atoms with Crippen LogP contribution in [0.15, 0.2) is 60.7 Å². The first-order chi connectivity index (χ1) is 13.6. The predicted molar refractivity (Wildman–Crippen MR) is 114 cm³/mol. The summed E-state index contributed by atoms with van der Waals surface area (Å²) in [6, 6.07) is 20.5. The molecule has 3 aliphatic carbocycles. The third-order valence-electron chi connectivity index (χ3n) is 8.67. The van der Waals surface area contributed by atoms with Crippen LogP contribution < -0.4 is 0 Å². The van der Waals surface area contributed by atoms with Crippen LogP contribution in [0, 0.1) is 34.0 Å². The van der Waals surface area contributed by atoms with E-state index in [0.29, 0.717) is 11.6 Å². The lowest BCUT2D eigenvalue weighted by Gasteiger charge is -2.59. The smallest absolute Gasteiger partial charge is 0.145 e. The van der Waals surface area contributed by atoms with Gasteiger partial charge in [-0.3, -0.25) is 9.59 Å². The molecule has 3 aliphatic rings. The SMILES string of the molecule is CC(C)(C)[C@H]1C[C@]2(C)C(=O)[C@H]3C(c4ccccc4)(c4ccccc4)[C@@]3(C)C(=O)[C@H]12. The average Bonchev–Trinajstić information content (AvgIpc) is 3.27. The molecule has 2 heteroatoms. The van der Waals surface area contributed by atoms with Gasteiger partial charge in [0.15, 0.2) is 0 Å². The van der Waals surface area contributed by atoms with E-state index in [1.54, 1.807) is 0 Å². The third kappa shape index (κ3) is 1.98. The Labute approximate surface area is 173 Å². The van der Waals surface area contributed by atoms with Gasteiger partial charge in [-0.25, -0.2) is 0 Å². The maximum absolute atomic E-state index is 14.2. The summed E-state index contributed by atoms with van der Waals surface area (Å²) in [7, 11) is 0. The second kappa shape index (κ2) is 5.47. The molecule has 0 amide bonds. The molecule has 0 bridgehead atoms. The van der Waals surface area contributed by atoms with Crippen LogP contribution in [0.25, 0.3) is 0 Å². The number of fused-ring (bicyclic) bond motifs is 2. The fourth-order valence-corrected chi connectivity index (χ4v) is 7.09. The van der Waals surface area contributed by atoms with Crippen LogP contribution in [0.2, 0.25) is 0 Å². The van der Waals surface area contributed by atoms with E-state index < -0.39 is 16.2 Å². The van der Waals surface area contributed by atoms with E-state index in [4.69, 9.17) is 0 Å². The lowest BCUT2D eigenvalue weighted by atomic mass is 9.42. The van der Waals surface area contributed by atoms with Gasteiger partial charge in [0.1, 0.15) is 11.6 Å². The summed E-state index contributed by atoms with van der Waals surface area (Å²) in [5.74, 6) is 0.452. The topological polar surface area (TPSA) is 34.1 Å². The number of ketones is 2. The molecule has 2 aromatic rings. The van der Waals surface area contributed by atoms with Gasteiger partial charge in [0.2, 0.25) is 0 Å². The van der Waals surface area contributed by atoms with Crippen molar-refractivity contribution in [3.8, 4) is 0 Å². The van der Waals surface area contributed by atoms with Gasteiger partial charge in [-0.05, 0) is 28.9 Å². The van der Waals surface area contributed by atoms with E-state index in [0.717, 1.165) is 17.5 Å². The van der Waals surface area contributed by atoms with Gasteiger partial charge < -0.3 is 0 Å². The lowest BCUT2D eigenvalue weighted by Crippen LogP contribution is -2.63. The van der Waals surface area contributed by atoms with E-state index in [1.807, 2.05) is 36.4 Å².